The van der Waals surface area contributed by atoms with E-state index in [4.69, 9.17) is 10.00 Å². The standard InChI is InChI=1S/C25H30N4O5S/c1-2-22(21-8-3-4-9-23(21)34-18-24(30)29-16-5-6-17-29)28-25(31)19-10-12-20(13-11-19)35(32,33)27-15-7-14-26/h3-4,8-13,22,27H,2,5-7,15-18H2,1H3,(H,28,31). The van der Waals surface area contributed by atoms with Gasteiger partial charge in [-0.1, -0.05) is 25.1 Å². The number of hydrogen-bond donors (Lipinski definition) is 2. The molecule has 0 spiro atoms. The summed E-state index contributed by atoms with van der Waals surface area (Å²) in [5, 5.41) is 11.5. The highest BCUT2D eigenvalue weighted by atomic mass is 32.2. The highest BCUT2D eigenvalue weighted by molar-refractivity contribution is 7.89. The Morgan fingerprint density at radius 3 is 2.46 bits per heavy atom. The number of carbonyl (C=O) groups is 2. The van der Waals surface area contributed by atoms with Crippen molar-refractivity contribution in [2.75, 3.05) is 26.2 Å². The van der Waals surface area contributed by atoms with Crippen molar-refractivity contribution in [2.45, 2.75) is 43.5 Å². The maximum absolute atomic E-state index is 12.9. The van der Waals surface area contributed by atoms with Crippen LogP contribution in [0.4, 0.5) is 0 Å². The first kappa shape index (κ1) is 26.2. The van der Waals surface area contributed by atoms with Gasteiger partial charge in [0, 0.05) is 37.2 Å². The highest BCUT2D eigenvalue weighted by Gasteiger charge is 2.22. The molecule has 186 valence electrons. The molecular weight excluding hydrogens is 468 g/mol. The van der Waals surface area contributed by atoms with Gasteiger partial charge in [0.2, 0.25) is 10.0 Å². The van der Waals surface area contributed by atoms with Crippen molar-refractivity contribution < 1.29 is 22.7 Å². The van der Waals surface area contributed by atoms with Crippen LogP contribution in [0.2, 0.25) is 0 Å². The quantitative estimate of drug-likeness (QED) is 0.459. The van der Waals surface area contributed by atoms with E-state index in [1.54, 1.807) is 11.0 Å². The molecule has 0 aromatic heterocycles. The minimum atomic E-state index is -3.75. The van der Waals surface area contributed by atoms with Crippen molar-refractivity contribution in [3.8, 4) is 11.8 Å². The molecule has 1 unspecified atom stereocenters. The third-order valence-electron chi connectivity index (χ3n) is 5.77. The molecule has 0 saturated carbocycles. The van der Waals surface area contributed by atoms with E-state index in [0.717, 1.165) is 31.5 Å². The molecule has 1 aliphatic heterocycles. The van der Waals surface area contributed by atoms with Crippen LogP contribution in [-0.2, 0) is 14.8 Å². The van der Waals surface area contributed by atoms with E-state index in [0.29, 0.717) is 17.7 Å². The van der Waals surface area contributed by atoms with Crippen LogP contribution in [0.25, 0.3) is 0 Å². The van der Waals surface area contributed by atoms with E-state index in [1.807, 2.05) is 31.2 Å². The van der Waals surface area contributed by atoms with Crippen LogP contribution < -0.4 is 14.8 Å². The van der Waals surface area contributed by atoms with Crippen LogP contribution in [0.3, 0.4) is 0 Å². The Bertz CT molecular complexity index is 1170. The van der Waals surface area contributed by atoms with Crippen LogP contribution >= 0.6 is 0 Å². The third-order valence-corrected chi connectivity index (χ3v) is 7.25. The summed E-state index contributed by atoms with van der Waals surface area (Å²) in [4.78, 5) is 27.1. The molecule has 0 bridgehead atoms. The van der Waals surface area contributed by atoms with Crippen LogP contribution in [0.15, 0.2) is 53.4 Å². The Labute approximate surface area is 206 Å². The molecule has 0 radical (unpaired) electrons. The molecule has 1 atom stereocenters. The maximum atomic E-state index is 12.9. The van der Waals surface area contributed by atoms with Crippen LogP contribution in [-0.4, -0.2) is 51.4 Å². The molecule has 10 heteroatoms. The number of likely N-dealkylation sites (tertiary alicyclic amines) is 1. The fourth-order valence-electron chi connectivity index (χ4n) is 3.85. The first-order chi connectivity index (χ1) is 16.9. The largest absolute Gasteiger partial charge is 0.483 e. The molecule has 35 heavy (non-hydrogen) atoms. The van der Waals surface area contributed by atoms with Gasteiger partial charge in [-0.15, -0.1) is 0 Å². The number of amides is 2. The van der Waals surface area contributed by atoms with E-state index in [9.17, 15) is 18.0 Å². The Morgan fingerprint density at radius 1 is 1.11 bits per heavy atom. The fourth-order valence-corrected chi connectivity index (χ4v) is 4.88. The normalized spacial score (nSPS) is 14.2. The minimum Gasteiger partial charge on any atom is -0.483 e. The van der Waals surface area contributed by atoms with Gasteiger partial charge in [-0.25, -0.2) is 13.1 Å². The molecule has 9 nitrogen and oxygen atoms in total. The summed E-state index contributed by atoms with van der Waals surface area (Å²) < 4.78 is 32.7. The van der Waals surface area contributed by atoms with E-state index < -0.39 is 10.0 Å². The Hall–Kier alpha value is -3.42. The van der Waals surface area contributed by atoms with Gasteiger partial charge in [0.15, 0.2) is 6.61 Å². The number of nitriles is 1. The molecule has 1 saturated heterocycles. The summed E-state index contributed by atoms with van der Waals surface area (Å²) in [7, 11) is -3.75. The lowest BCUT2D eigenvalue weighted by atomic mass is 10.0. The van der Waals surface area contributed by atoms with E-state index >= 15 is 0 Å². The van der Waals surface area contributed by atoms with Crippen molar-refractivity contribution in [3.63, 3.8) is 0 Å². The minimum absolute atomic E-state index is 0.0143. The molecule has 0 aliphatic carbocycles. The van der Waals surface area contributed by atoms with E-state index in [-0.39, 0.29) is 42.3 Å². The summed E-state index contributed by atoms with van der Waals surface area (Å²) >= 11 is 0. The Kier molecular flexibility index (Phi) is 9.23. The third kappa shape index (κ3) is 7.04. The number of nitrogens with one attached hydrogen (secondary N) is 2. The van der Waals surface area contributed by atoms with Gasteiger partial charge in [-0.3, -0.25) is 9.59 Å². The number of carbonyl (C=O) groups excluding carboxylic acids is 2. The second kappa shape index (κ2) is 12.3. The van der Waals surface area contributed by atoms with E-state index in [2.05, 4.69) is 10.0 Å². The van der Waals surface area contributed by atoms with Gasteiger partial charge in [-0.2, -0.15) is 5.26 Å². The Balaban J connectivity index is 1.66. The number of rotatable bonds is 11. The summed E-state index contributed by atoms with van der Waals surface area (Å²) in [6.45, 7) is 3.41. The predicted octanol–water partition coefficient (Wildman–Crippen LogP) is 2.76. The maximum Gasteiger partial charge on any atom is 0.260 e. The van der Waals surface area contributed by atoms with Crippen LogP contribution in [0.1, 0.15) is 54.6 Å². The van der Waals surface area contributed by atoms with Crippen molar-refractivity contribution in [1.82, 2.24) is 14.9 Å². The monoisotopic (exact) mass is 498 g/mol. The first-order valence-corrected chi connectivity index (χ1v) is 13.1. The van der Waals surface area contributed by atoms with Gasteiger partial charge in [0.25, 0.3) is 11.8 Å². The van der Waals surface area contributed by atoms with Crippen LogP contribution in [0.5, 0.6) is 5.75 Å². The van der Waals surface area contributed by atoms with E-state index in [1.165, 1.54) is 24.3 Å². The molecule has 2 N–H and O–H groups in total. The lowest BCUT2D eigenvalue weighted by Crippen LogP contribution is -2.32. The molecule has 2 amide bonds. The van der Waals surface area contributed by atoms with Gasteiger partial charge in [-0.05, 0) is 49.6 Å². The zero-order valence-corrected chi connectivity index (χ0v) is 20.5. The number of benzene rings is 2. The lowest BCUT2D eigenvalue weighted by molar-refractivity contribution is -0.132. The zero-order chi connectivity index (χ0) is 25.3. The van der Waals surface area contributed by atoms with Gasteiger partial charge in [0.1, 0.15) is 5.75 Å². The zero-order valence-electron chi connectivity index (χ0n) is 19.7. The highest BCUT2D eigenvalue weighted by Crippen LogP contribution is 2.28. The average Bonchev–Trinajstić information content (AvgIpc) is 3.41. The van der Waals surface area contributed by atoms with Gasteiger partial charge >= 0.3 is 0 Å². The van der Waals surface area contributed by atoms with Gasteiger partial charge < -0.3 is 15.0 Å². The molecule has 1 aliphatic rings. The average molecular weight is 499 g/mol. The number of hydrogen-bond acceptors (Lipinski definition) is 6. The summed E-state index contributed by atoms with van der Waals surface area (Å²) in [6, 6.07) is 14.4. The topological polar surface area (TPSA) is 129 Å². The molecule has 3 rings (SSSR count). The lowest BCUT2D eigenvalue weighted by Gasteiger charge is -2.22. The van der Waals surface area contributed by atoms with Crippen molar-refractivity contribution >= 4 is 21.8 Å². The Morgan fingerprint density at radius 2 is 1.80 bits per heavy atom. The first-order valence-electron chi connectivity index (χ1n) is 11.6. The summed E-state index contributed by atoms with van der Waals surface area (Å²) in [5.74, 6) is 0.129. The van der Waals surface area contributed by atoms with Crippen molar-refractivity contribution in [1.29, 1.82) is 5.26 Å². The second-order valence-electron chi connectivity index (χ2n) is 8.18. The molecule has 2 aromatic carbocycles. The smallest absolute Gasteiger partial charge is 0.260 e. The van der Waals surface area contributed by atoms with Crippen LogP contribution in [0, 0.1) is 11.3 Å². The number of para-hydroxylation sites is 1. The molecule has 2 aromatic rings. The second-order valence-corrected chi connectivity index (χ2v) is 9.95. The summed E-state index contributed by atoms with van der Waals surface area (Å²) in [5.41, 5.74) is 1.07. The predicted molar refractivity (Wildman–Crippen MR) is 130 cm³/mol. The number of ether oxygens (including phenoxy) is 1. The summed E-state index contributed by atoms with van der Waals surface area (Å²) in [6.07, 6.45) is 2.67. The van der Waals surface area contributed by atoms with Crippen molar-refractivity contribution in [3.05, 3.63) is 59.7 Å². The fraction of sp³-hybridized carbons (Fsp3) is 0.400. The SMILES string of the molecule is CCC(NC(=O)c1ccc(S(=O)(=O)NCCC#N)cc1)c1ccccc1OCC(=O)N1CCCC1. The molecule has 1 heterocycles. The van der Waals surface area contributed by atoms with Crippen molar-refractivity contribution in [2.24, 2.45) is 0 Å². The number of sulfonamides is 1. The molecule has 1 fully saturated rings. The number of nitrogens with zero attached hydrogens (tertiary/aromatic N) is 2. The van der Waals surface area contributed by atoms with Gasteiger partial charge in [0.05, 0.1) is 17.0 Å². The molecular formula is C25H30N4O5S.